The van der Waals surface area contributed by atoms with Crippen LogP contribution in [0.5, 0.6) is 0 Å². The standard InChI is InChI=1S/C20H10N2S4/c21-11-13(15-5-7-19(25-15)17-3-1-9-23-17)14(12-22)16-6-8-20(26-16)18-4-2-10-24-18/h1-10H/b14-13+. The van der Waals surface area contributed by atoms with Crippen LogP contribution in [0.25, 0.3) is 30.7 Å². The van der Waals surface area contributed by atoms with Crippen LogP contribution in [-0.4, -0.2) is 0 Å². The molecule has 0 fully saturated rings. The Bertz CT molecular complexity index is 1050. The molecule has 0 aliphatic heterocycles. The Hall–Kier alpha value is -2.48. The first-order valence-corrected chi connectivity index (χ1v) is 11.0. The number of nitriles is 2. The van der Waals surface area contributed by atoms with Gasteiger partial charge in [0, 0.05) is 29.3 Å². The Kier molecular flexibility index (Phi) is 4.83. The van der Waals surface area contributed by atoms with Crippen molar-refractivity contribution < 1.29 is 0 Å². The van der Waals surface area contributed by atoms with E-state index in [-0.39, 0.29) is 0 Å². The fourth-order valence-electron chi connectivity index (χ4n) is 2.52. The molecule has 124 valence electrons. The quantitative estimate of drug-likeness (QED) is 0.336. The summed E-state index contributed by atoms with van der Waals surface area (Å²) in [5.41, 5.74) is 0.889. The van der Waals surface area contributed by atoms with Gasteiger partial charge in [-0.1, -0.05) is 12.1 Å². The zero-order valence-corrected chi connectivity index (χ0v) is 16.6. The number of hydrogen-bond donors (Lipinski definition) is 0. The van der Waals surface area contributed by atoms with E-state index in [0.717, 1.165) is 19.5 Å². The summed E-state index contributed by atoms with van der Waals surface area (Å²) in [6.07, 6.45) is 0. The van der Waals surface area contributed by atoms with Crippen LogP contribution in [0.2, 0.25) is 0 Å². The number of hydrogen-bond acceptors (Lipinski definition) is 6. The molecule has 4 heterocycles. The van der Waals surface area contributed by atoms with Gasteiger partial charge in [-0.25, -0.2) is 0 Å². The molecule has 4 aromatic rings. The van der Waals surface area contributed by atoms with E-state index in [0.29, 0.717) is 11.1 Å². The third kappa shape index (κ3) is 3.16. The molecule has 0 saturated carbocycles. The second-order valence-corrected chi connectivity index (χ2v) is 9.32. The van der Waals surface area contributed by atoms with Crippen molar-refractivity contribution >= 4 is 56.5 Å². The first kappa shape index (κ1) is 17.0. The fraction of sp³-hybridized carbons (Fsp3) is 0. The van der Waals surface area contributed by atoms with Crippen LogP contribution in [0.3, 0.4) is 0 Å². The summed E-state index contributed by atoms with van der Waals surface area (Å²) in [6.45, 7) is 0. The van der Waals surface area contributed by atoms with Gasteiger partial charge < -0.3 is 0 Å². The minimum atomic E-state index is 0.444. The molecule has 0 spiro atoms. The van der Waals surface area contributed by atoms with Gasteiger partial charge in [0.2, 0.25) is 0 Å². The molecule has 4 rings (SSSR count). The summed E-state index contributed by atoms with van der Waals surface area (Å²) in [5.74, 6) is 0. The molecule has 4 aromatic heterocycles. The second kappa shape index (κ2) is 7.41. The van der Waals surface area contributed by atoms with Crippen LogP contribution in [0.1, 0.15) is 9.75 Å². The number of allylic oxidation sites excluding steroid dienone is 2. The van der Waals surface area contributed by atoms with Crippen molar-refractivity contribution in [3.63, 3.8) is 0 Å². The molecule has 0 amide bonds. The highest BCUT2D eigenvalue weighted by Crippen LogP contribution is 2.39. The van der Waals surface area contributed by atoms with Crippen LogP contribution >= 0.6 is 45.3 Å². The maximum absolute atomic E-state index is 9.73. The largest absolute Gasteiger partial charge is 0.192 e. The van der Waals surface area contributed by atoms with Gasteiger partial charge in [0.25, 0.3) is 0 Å². The van der Waals surface area contributed by atoms with Crippen molar-refractivity contribution in [3.8, 4) is 31.6 Å². The zero-order chi connectivity index (χ0) is 17.9. The SMILES string of the molecule is N#C/C(=C(/C#N)c1ccc(-c2cccs2)s1)c1ccc(-c2cccs2)s1. The van der Waals surface area contributed by atoms with E-state index in [2.05, 4.69) is 24.3 Å². The van der Waals surface area contributed by atoms with E-state index in [4.69, 9.17) is 0 Å². The van der Waals surface area contributed by atoms with Crippen molar-refractivity contribution in [2.45, 2.75) is 0 Å². The molecule has 0 radical (unpaired) electrons. The van der Waals surface area contributed by atoms with Gasteiger partial charge in [0.1, 0.15) is 12.1 Å². The Morgan fingerprint density at radius 3 is 1.42 bits per heavy atom. The summed E-state index contributed by atoms with van der Waals surface area (Å²) in [6, 6.07) is 20.6. The molecule has 0 aromatic carbocycles. The highest BCUT2D eigenvalue weighted by Gasteiger charge is 2.16. The lowest BCUT2D eigenvalue weighted by atomic mass is 10.1. The highest BCUT2D eigenvalue weighted by atomic mass is 32.1. The van der Waals surface area contributed by atoms with E-state index < -0.39 is 0 Å². The smallest absolute Gasteiger partial charge is 0.102 e. The maximum atomic E-state index is 9.73. The lowest BCUT2D eigenvalue weighted by Crippen LogP contribution is -1.83. The molecule has 2 nitrogen and oxygen atoms in total. The first-order chi connectivity index (χ1) is 12.8. The second-order valence-electron chi connectivity index (χ2n) is 5.26. The van der Waals surface area contributed by atoms with Crippen LogP contribution in [0.4, 0.5) is 0 Å². The minimum Gasteiger partial charge on any atom is -0.192 e. The van der Waals surface area contributed by atoms with Crippen LogP contribution < -0.4 is 0 Å². The molecule has 0 aliphatic carbocycles. The molecule has 0 aliphatic rings. The van der Waals surface area contributed by atoms with Crippen molar-refractivity contribution in [1.82, 2.24) is 0 Å². The van der Waals surface area contributed by atoms with Gasteiger partial charge in [0.15, 0.2) is 0 Å². The molecule has 0 atom stereocenters. The average molecular weight is 407 g/mol. The fourth-order valence-corrected chi connectivity index (χ4v) is 6.20. The molecule has 0 N–H and O–H groups in total. The van der Waals surface area contributed by atoms with Crippen molar-refractivity contribution in [1.29, 1.82) is 10.5 Å². The predicted molar refractivity (Wildman–Crippen MR) is 113 cm³/mol. The van der Waals surface area contributed by atoms with E-state index >= 15 is 0 Å². The third-order valence-electron chi connectivity index (χ3n) is 3.71. The Balaban J connectivity index is 1.76. The Labute approximate surface area is 167 Å². The van der Waals surface area contributed by atoms with Crippen molar-refractivity contribution in [3.05, 3.63) is 69.0 Å². The summed E-state index contributed by atoms with van der Waals surface area (Å²) in [5, 5.41) is 23.5. The number of nitrogens with zero attached hydrogens (tertiary/aromatic N) is 2. The van der Waals surface area contributed by atoms with Crippen LogP contribution in [-0.2, 0) is 0 Å². The molecule has 0 bridgehead atoms. The van der Waals surface area contributed by atoms with Gasteiger partial charge in [-0.3, -0.25) is 0 Å². The van der Waals surface area contributed by atoms with Crippen molar-refractivity contribution in [2.75, 3.05) is 0 Å². The van der Waals surface area contributed by atoms with Crippen molar-refractivity contribution in [2.24, 2.45) is 0 Å². The van der Waals surface area contributed by atoms with E-state index in [1.54, 1.807) is 45.3 Å². The lowest BCUT2D eigenvalue weighted by Gasteiger charge is -1.99. The summed E-state index contributed by atoms with van der Waals surface area (Å²) in [4.78, 5) is 6.24. The number of rotatable bonds is 4. The molecule has 6 heteroatoms. The Morgan fingerprint density at radius 1 is 0.615 bits per heavy atom. The Morgan fingerprint density at radius 2 is 1.08 bits per heavy atom. The predicted octanol–water partition coefficient (Wildman–Crippen LogP) is 7.22. The van der Waals surface area contributed by atoms with E-state index in [1.165, 1.54) is 9.75 Å². The van der Waals surface area contributed by atoms with Gasteiger partial charge >= 0.3 is 0 Å². The summed E-state index contributed by atoms with van der Waals surface area (Å²) in [7, 11) is 0. The normalized spacial score (nSPS) is 11.6. The number of thiophene rings is 4. The van der Waals surface area contributed by atoms with Gasteiger partial charge in [-0.2, -0.15) is 10.5 Å². The summed E-state index contributed by atoms with van der Waals surface area (Å²) < 4.78 is 0. The van der Waals surface area contributed by atoms with E-state index in [9.17, 15) is 10.5 Å². The molecule has 26 heavy (non-hydrogen) atoms. The maximum Gasteiger partial charge on any atom is 0.102 e. The van der Waals surface area contributed by atoms with Crippen LogP contribution in [0.15, 0.2) is 59.3 Å². The lowest BCUT2D eigenvalue weighted by molar-refractivity contribution is 1.52. The zero-order valence-electron chi connectivity index (χ0n) is 13.3. The molecule has 0 unspecified atom stereocenters. The van der Waals surface area contributed by atoms with Crippen LogP contribution in [0, 0.1) is 22.7 Å². The molecular formula is C20H10N2S4. The van der Waals surface area contributed by atoms with Gasteiger partial charge in [-0.05, 0) is 47.2 Å². The average Bonchev–Trinajstić information content (AvgIpc) is 3.45. The highest BCUT2D eigenvalue weighted by molar-refractivity contribution is 7.23. The monoisotopic (exact) mass is 406 g/mol. The third-order valence-corrected chi connectivity index (χ3v) is 8.04. The minimum absolute atomic E-state index is 0.444. The first-order valence-electron chi connectivity index (χ1n) is 7.63. The molecule has 0 saturated heterocycles. The van der Waals surface area contributed by atoms with Gasteiger partial charge in [-0.15, -0.1) is 45.3 Å². The summed E-state index contributed by atoms with van der Waals surface area (Å²) >= 11 is 6.44. The molecular weight excluding hydrogens is 397 g/mol. The van der Waals surface area contributed by atoms with E-state index in [1.807, 2.05) is 47.2 Å². The topological polar surface area (TPSA) is 47.6 Å². The van der Waals surface area contributed by atoms with Gasteiger partial charge in [0.05, 0.1) is 11.1 Å².